The zero-order valence-corrected chi connectivity index (χ0v) is 17.8. The number of nitrogens with zero attached hydrogens (tertiary/aromatic N) is 3. The zero-order valence-electron chi connectivity index (χ0n) is 17.8. The predicted octanol–water partition coefficient (Wildman–Crippen LogP) is 0.405. The second kappa shape index (κ2) is 9.03. The van der Waals surface area contributed by atoms with E-state index >= 15 is 0 Å². The Hall–Kier alpha value is -2.97. The summed E-state index contributed by atoms with van der Waals surface area (Å²) in [7, 11) is 1.93. The number of hydrogen-bond donors (Lipinski definition) is 1. The van der Waals surface area contributed by atoms with Gasteiger partial charge >= 0.3 is 0 Å². The largest absolute Gasteiger partial charge is 0.378 e. The first-order valence-electron chi connectivity index (χ1n) is 10.6. The van der Waals surface area contributed by atoms with Gasteiger partial charge < -0.3 is 19.9 Å². The smallest absolute Gasteiger partial charge is 0.263 e. The second-order valence-electron chi connectivity index (χ2n) is 8.19. The average Bonchev–Trinajstić information content (AvgIpc) is 2.77. The summed E-state index contributed by atoms with van der Waals surface area (Å²) >= 11 is 0. The number of nitrogens with two attached hydrogens (primary N) is 1. The fraction of sp³-hybridized carbons (Fsp3) is 0.435. The number of morpholine rings is 1. The minimum atomic E-state index is -0.712. The highest BCUT2D eigenvalue weighted by atomic mass is 16.5. The molecule has 1 atom stereocenters. The van der Waals surface area contributed by atoms with Crippen molar-refractivity contribution < 1.29 is 14.3 Å². The molecule has 8 heteroatoms. The summed E-state index contributed by atoms with van der Waals surface area (Å²) in [6.45, 7) is 2.95. The number of benzene rings is 1. The lowest BCUT2D eigenvalue weighted by Crippen LogP contribution is -2.54. The van der Waals surface area contributed by atoms with Crippen LogP contribution in [-0.2, 0) is 35.5 Å². The number of pyridine rings is 1. The molecule has 164 valence electrons. The van der Waals surface area contributed by atoms with Crippen LogP contribution in [0.3, 0.4) is 0 Å². The Kier molecular flexibility index (Phi) is 6.20. The molecule has 8 nitrogen and oxygen atoms in total. The Labute approximate surface area is 181 Å². The number of hydrogen-bond acceptors (Lipinski definition) is 5. The minimum absolute atomic E-state index is 0.00973. The van der Waals surface area contributed by atoms with E-state index in [4.69, 9.17) is 10.5 Å². The summed E-state index contributed by atoms with van der Waals surface area (Å²) in [6.07, 6.45) is 2.88. The fourth-order valence-corrected chi connectivity index (χ4v) is 4.37. The highest BCUT2D eigenvalue weighted by Gasteiger charge is 2.33. The minimum Gasteiger partial charge on any atom is -0.378 e. The Morgan fingerprint density at radius 2 is 1.97 bits per heavy atom. The molecule has 4 rings (SSSR count). The van der Waals surface area contributed by atoms with E-state index in [0.29, 0.717) is 57.8 Å². The van der Waals surface area contributed by atoms with Crippen LogP contribution in [0.5, 0.6) is 0 Å². The normalized spacial score (nSPS) is 19.1. The maximum absolute atomic E-state index is 13.1. The van der Waals surface area contributed by atoms with Crippen LogP contribution in [0.4, 0.5) is 0 Å². The van der Waals surface area contributed by atoms with Gasteiger partial charge in [0.25, 0.3) is 11.5 Å². The maximum Gasteiger partial charge on any atom is 0.263 e. The van der Waals surface area contributed by atoms with Gasteiger partial charge in [0.2, 0.25) is 5.91 Å². The molecule has 0 bridgehead atoms. The van der Waals surface area contributed by atoms with Gasteiger partial charge in [-0.05, 0) is 36.6 Å². The third-order valence-corrected chi connectivity index (χ3v) is 6.19. The molecule has 2 aliphatic heterocycles. The first kappa shape index (κ1) is 21.3. The van der Waals surface area contributed by atoms with Crippen molar-refractivity contribution in [1.29, 1.82) is 0 Å². The third kappa shape index (κ3) is 4.40. The number of likely N-dealkylation sites (N-methyl/N-ethyl adjacent to an activating group) is 1. The van der Waals surface area contributed by atoms with Crippen LogP contribution in [0, 0.1) is 0 Å². The molecule has 0 spiro atoms. The molecule has 2 amide bonds. The van der Waals surface area contributed by atoms with Crippen molar-refractivity contribution in [3.8, 4) is 0 Å². The average molecular weight is 425 g/mol. The van der Waals surface area contributed by atoms with E-state index in [-0.39, 0.29) is 23.1 Å². The Morgan fingerprint density at radius 1 is 1.19 bits per heavy atom. The van der Waals surface area contributed by atoms with Crippen molar-refractivity contribution in [2.24, 2.45) is 5.73 Å². The number of aromatic nitrogens is 1. The fourth-order valence-electron chi connectivity index (χ4n) is 4.37. The highest BCUT2D eigenvalue weighted by Crippen LogP contribution is 2.22. The number of fused-ring (bicyclic) bond motifs is 1. The van der Waals surface area contributed by atoms with E-state index in [1.165, 1.54) is 0 Å². The zero-order chi connectivity index (χ0) is 22.0. The van der Waals surface area contributed by atoms with E-state index in [1.807, 2.05) is 42.3 Å². The van der Waals surface area contributed by atoms with Crippen LogP contribution in [-0.4, -0.2) is 65.6 Å². The highest BCUT2D eigenvalue weighted by molar-refractivity contribution is 5.94. The molecule has 0 radical (unpaired) electrons. The SMILES string of the molecule is CN1CCOC[C@H]1C(=O)N1CCc2c(cn(CCc3ccccc3)c(=O)c2C(N)=O)C1. The van der Waals surface area contributed by atoms with Gasteiger partial charge in [0.05, 0.1) is 13.2 Å². The van der Waals surface area contributed by atoms with Gasteiger partial charge in [-0.2, -0.15) is 0 Å². The van der Waals surface area contributed by atoms with Crippen LogP contribution in [0.25, 0.3) is 0 Å². The lowest BCUT2D eigenvalue weighted by Gasteiger charge is -2.37. The Balaban J connectivity index is 1.60. The van der Waals surface area contributed by atoms with Gasteiger partial charge in [0.15, 0.2) is 0 Å². The van der Waals surface area contributed by atoms with Crippen molar-refractivity contribution in [2.75, 3.05) is 33.4 Å². The summed E-state index contributed by atoms with van der Waals surface area (Å²) < 4.78 is 7.05. The van der Waals surface area contributed by atoms with Gasteiger partial charge in [0.1, 0.15) is 11.6 Å². The molecule has 0 unspecified atom stereocenters. The van der Waals surface area contributed by atoms with Crippen LogP contribution >= 0.6 is 0 Å². The molecule has 1 aromatic carbocycles. The Morgan fingerprint density at radius 3 is 2.68 bits per heavy atom. The van der Waals surface area contributed by atoms with Gasteiger partial charge in [-0.25, -0.2) is 0 Å². The number of ether oxygens (including phenoxy) is 1. The summed E-state index contributed by atoms with van der Waals surface area (Å²) in [6, 6.07) is 9.54. The molecule has 0 saturated carbocycles. The predicted molar refractivity (Wildman–Crippen MR) is 116 cm³/mol. The van der Waals surface area contributed by atoms with E-state index in [0.717, 1.165) is 11.1 Å². The van der Waals surface area contributed by atoms with Gasteiger partial charge in [-0.15, -0.1) is 0 Å². The molecule has 0 aliphatic carbocycles. The van der Waals surface area contributed by atoms with E-state index in [1.54, 1.807) is 15.7 Å². The van der Waals surface area contributed by atoms with Crippen LogP contribution in [0.2, 0.25) is 0 Å². The van der Waals surface area contributed by atoms with E-state index in [9.17, 15) is 14.4 Å². The quantitative estimate of drug-likeness (QED) is 0.750. The molecule has 1 aromatic heterocycles. The summed E-state index contributed by atoms with van der Waals surface area (Å²) in [5.41, 5.74) is 7.86. The summed E-state index contributed by atoms with van der Waals surface area (Å²) in [4.78, 5) is 42.0. The van der Waals surface area contributed by atoms with Crippen molar-refractivity contribution in [2.45, 2.75) is 32.0 Å². The first-order valence-corrected chi connectivity index (χ1v) is 10.6. The summed E-state index contributed by atoms with van der Waals surface area (Å²) in [5.74, 6) is -0.703. The van der Waals surface area contributed by atoms with Gasteiger partial charge in [-0.1, -0.05) is 30.3 Å². The Bertz CT molecular complexity index is 1030. The van der Waals surface area contributed by atoms with Crippen LogP contribution in [0.1, 0.15) is 27.0 Å². The van der Waals surface area contributed by atoms with Crippen molar-refractivity contribution >= 4 is 11.8 Å². The standard InChI is InChI=1S/C23H28N4O4/c1-25-11-12-31-15-19(25)22(29)26-10-8-18-17(13-26)14-27(23(30)20(18)21(24)28)9-7-16-5-3-2-4-6-16/h2-6,14,19H,7-13,15H2,1H3,(H2,24,28)/t19-/m0/s1. The maximum atomic E-state index is 13.1. The molecular weight excluding hydrogens is 396 g/mol. The van der Waals surface area contributed by atoms with Crippen molar-refractivity contribution in [1.82, 2.24) is 14.4 Å². The number of aryl methyl sites for hydroxylation is 2. The number of rotatable bonds is 5. The van der Waals surface area contributed by atoms with Crippen LogP contribution in [0.15, 0.2) is 41.3 Å². The first-order chi connectivity index (χ1) is 15.0. The van der Waals surface area contributed by atoms with Gasteiger partial charge in [0, 0.05) is 32.4 Å². The number of carbonyl (C=O) groups is 2. The number of amides is 2. The molecule has 2 N–H and O–H groups in total. The van der Waals surface area contributed by atoms with Crippen molar-refractivity contribution in [3.05, 3.63) is 69.1 Å². The van der Waals surface area contributed by atoms with Crippen molar-refractivity contribution in [3.63, 3.8) is 0 Å². The monoisotopic (exact) mass is 424 g/mol. The molecular formula is C23H28N4O4. The van der Waals surface area contributed by atoms with E-state index < -0.39 is 5.91 Å². The topological polar surface area (TPSA) is 97.9 Å². The molecule has 1 saturated heterocycles. The molecule has 2 aromatic rings. The molecule has 3 heterocycles. The molecule has 31 heavy (non-hydrogen) atoms. The lowest BCUT2D eigenvalue weighted by atomic mass is 9.95. The number of primary amides is 1. The number of carbonyl (C=O) groups excluding carboxylic acids is 2. The lowest BCUT2D eigenvalue weighted by molar-refractivity contribution is -0.143. The molecule has 2 aliphatic rings. The third-order valence-electron chi connectivity index (χ3n) is 6.19. The molecule has 1 fully saturated rings. The van der Waals surface area contributed by atoms with E-state index in [2.05, 4.69) is 0 Å². The van der Waals surface area contributed by atoms with Gasteiger partial charge in [-0.3, -0.25) is 19.3 Å². The second-order valence-corrected chi connectivity index (χ2v) is 8.19. The van der Waals surface area contributed by atoms with Crippen LogP contribution < -0.4 is 11.3 Å². The summed E-state index contributed by atoms with van der Waals surface area (Å²) in [5, 5.41) is 0.